The molecule has 4 rings (SSSR count). The maximum atomic E-state index is 13.0. The summed E-state index contributed by atoms with van der Waals surface area (Å²) in [6, 6.07) is 13.1. The highest BCUT2D eigenvalue weighted by molar-refractivity contribution is 7.89. The van der Waals surface area contributed by atoms with Crippen molar-refractivity contribution in [2.75, 3.05) is 0 Å². The van der Waals surface area contributed by atoms with E-state index in [1.165, 1.54) is 4.31 Å². The second kappa shape index (κ2) is 6.00. The van der Waals surface area contributed by atoms with Crippen LogP contribution in [0.4, 0.5) is 0 Å². The fraction of sp³-hybridized carbons (Fsp3) is 0.300. The van der Waals surface area contributed by atoms with Crippen molar-refractivity contribution in [1.82, 2.24) is 4.31 Å². The fourth-order valence-corrected chi connectivity index (χ4v) is 4.78. The number of benzene rings is 2. The van der Waals surface area contributed by atoms with Crippen molar-refractivity contribution in [1.29, 1.82) is 0 Å². The van der Waals surface area contributed by atoms with Gasteiger partial charge >= 0.3 is 0 Å². The highest BCUT2D eigenvalue weighted by Crippen LogP contribution is 2.35. The molecular weight excluding hydrogens is 334 g/mol. The first-order chi connectivity index (χ1) is 12.0. The molecule has 5 heteroatoms. The zero-order valence-corrected chi connectivity index (χ0v) is 15.3. The molecule has 2 heterocycles. The van der Waals surface area contributed by atoms with E-state index in [1.54, 1.807) is 12.1 Å². The molecule has 0 unspecified atom stereocenters. The van der Waals surface area contributed by atoms with E-state index in [-0.39, 0.29) is 0 Å². The van der Waals surface area contributed by atoms with Crippen LogP contribution in [0.25, 0.3) is 11.0 Å². The Labute approximate surface area is 148 Å². The van der Waals surface area contributed by atoms with Crippen LogP contribution in [0.5, 0.6) is 0 Å². The Bertz CT molecular complexity index is 1030. The van der Waals surface area contributed by atoms with Crippen molar-refractivity contribution in [2.24, 2.45) is 0 Å². The average molecular weight is 355 g/mol. The molecule has 0 atom stereocenters. The topological polar surface area (TPSA) is 50.5 Å². The number of fused-ring (bicyclic) bond motifs is 3. The summed E-state index contributed by atoms with van der Waals surface area (Å²) >= 11 is 0. The maximum Gasteiger partial charge on any atom is 0.243 e. The van der Waals surface area contributed by atoms with Crippen LogP contribution in [-0.4, -0.2) is 12.7 Å². The minimum atomic E-state index is -3.50. The van der Waals surface area contributed by atoms with E-state index in [1.807, 2.05) is 31.2 Å². The van der Waals surface area contributed by atoms with Crippen LogP contribution in [0.1, 0.15) is 35.8 Å². The second-order valence-corrected chi connectivity index (χ2v) is 8.61. The number of hydrogen-bond acceptors (Lipinski definition) is 3. The molecule has 2 aromatic carbocycles. The molecule has 3 aromatic rings. The van der Waals surface area contributed by atoms with Gasteiger partial charge < -0.3 is 4.42 Å². The molecule has 130 valence electrons. The smallest absolute Gasteiger partial charge is 0.243 e. The number of aryl methyl sites for hydroxylation is 2. The van der Waals surface area contributed by atoms with Crippen LogP contribution in [0.3, 0.4) is 0 Å². The molecule has 0 N–H and O–H groups in total. The van der Waals surface area contributed by atoms with E-state index in [0.29, 0.717) is 18.0 Å². The first-order valence-electron chi connectivity index (χ1n) is 8.59. The maximum absolute atomic E-state index is 13.0. The van der Waals surface area contributed by atoms with Crippen LogP contribution in [0, 0.1) is 6.92 Å². The first kappa shape index (κ1) is 16.4. The van der Waals surface area contributed by atoms with Crippen LogP contribution < -0.4 is 0 Å². The van der Waals surface area contributed by atoms with Gasteiger partial charge in [0.15, 0.2) is 0 Å². The highest BCUT2D eigenvalue weighted by Gasteiger charge is 2.32. The summed E-state index contributed by atoms with van der Waals surface area (Å²) in [6.45, 7) is 4.82. The lowest BCUT2D eigenvalue weighted by Gasteiger charge is -2.15. The van der Waals surface area contributed by atoms with Gasteiger partial charge in [0.1, 0.15) is 11.3 Å². The molecule has 1 aliphatic rings. The van der Waals surface area contributed by atoms with Crippen LogP contribution in [-0.2, 0) is 29.5 Å². The number of furan rings is 1. The molecule has 0 fully saturated rings. The Kier molecular flexibility index (Phi) is 3.93. The molecular formula is C20H21NO3S. The molecule has 0 aliphatic carbocycles. The lowest BCUT2D eigenvalue weighted by atomic mass is 10.1. The van der Waals surface area contributed by atoms with Gasteiger partial charge in [-0.1, -0.05) is 36.8 Å². The number of hydrogen-bond donors (Lipinski definition) is 0. The van der Waals surface area contributed by atoms with Crippen LogP contribution in [0.2, 0.25) is 0 Å². The SMILES string of the molecule is CCCc1cc2ccc3c(c2o1)CN(S(=O)(=O)c1ccc(C)cc1)C3. The number of sulfonamides is 1. The fourth-order valence-electron chi connectivity index (χ4n) is 3.40. The normalized spacial score (nSPS) is 15.0. The van der Waals surface area contributed by atoms with Crippen molar-refractivity contribution in [3.8, 4) is 0 Å². The van der Waals surface area contributed by atoms with Gasteiger partial charge in [0.2, 0.25) is 10.0 Å². The zero-order valence-electron chi connectivity index (χ0n) is 14.5. The van der Waals surface area contributed by atoms with Gasteiger partial charge in [0.05, 0.1) is 4.90 Å². The Morgan fingerprint density at radius 2 is 1.84 bits per heavy atom. The number of rotatable bonds is 4. The van der Waals surface area contributed by atoms with E-state index >= 15 is 0 Å². The third-order valence-corrected chi connectivity index (χ3v) is 6.58. The Balaban J connectivity index is 1.70. The molecule has 0 saturated carbocycles. The zero-order chi connectivity index (χ0) is 17.6. The average Bonchev–Trinajstić information content (AvgIpc) is 3.18. The van der Waals surface area contributed by atoms with Gasteiger partial charge in [-0.25, -0.2) is 8.42 Å². The molecule has 1 aromatic heterocycles. The van der Waals surface area contributed by atoms with Gasteiger partial charge in [0.25, 0.3) is 0 Å². The molecule has 0 bridgehead atoms. The van der Waals surface area contributed by atoms with E-state index in [2.05, 4.69) is 13.0 Å². The lowest BCUT2D eigenvalue weighted by Crippen LogP contribution is -2.25. The van der Waals surface area contributed by atoms with Crippen molar-refractivity contribution in [2.45, 2.75) is 44.7 Å². The Morgan fingerprint density at radius 1 is 1.08 bits per heavy atom. The predicted molar refractivity (Wildman–Crippen MR) is 97.8 cm³/mol. The molecule has 0 radical (unpaired) electrons. The van der Waals surface area contributed by atoms with Crippen LogP contribution in [0.15, 0.2) is 51.8 Å². The Morgan fingerprint density at radius 3 is 2.56 bits per heavy atom. The van der Waals surface area contributed by atoms with Gasteiger partial charge in [-0.2, -0.15) is 4.31 Å². The van der Waals surface area contributed by atoms with E-state index in [4.69, 9.17) is 4.42 Å². The summed E-state index contributed by atoms with van der Waals surface area (Å²) in [5.41, 5.74) is 3.91. The summed E-state index contributed by atoms with van der Waals surface area (Å²) < 4.78 is 33.5. The van der Waals surface area contributed by atoms with Crippen molar-refractivity contribution >= 4 is 21.0 Å². The minimum Gasteiger partial charge on any atom is -0.461 e. The van der Waals surface area contributed by atoms with Gasteiger partial charge in [-0.05, 0) is 37.1 Å². The summed E-state index contributed by atoms with van der Waals surface area (Å²) in [5, 5.41) is 1.05. The van der Waals surface area contributed by atoms with Gasteiger partial charge in [-0.15, -0.1) is 0 Å². The largest absolute Gasteiger partial charge is 0.461 e. The highest BCUT2D eigenvalue weighted by atomic mass is 32.2. The summed E-state index contributed by atoms with van der Waals surface area (Å²) in [6.07, 6.45) is 1.92. The third kappa shape index (κ3) is 2.77. The van der Waals surface area contributed by atoms with Gasteiger partial charge in [-0.3, -0.25) is 0 Å². The predicted octanol–water partition coefficient (Wildman–Crippen LogP) is 4.40. The van der Waals surface area contributed by atoms with Crippen molar-refractivity contribution in [3.05, 3.63) is 64.9 Å². The van der Waals surface area contributed by atoms with E-state index in [9.17, 15) is 8.42 Å². The number of nitrogens with zero attached hydrogens (tertiary/aromatic N) is 1. The molecule has 0 saturated heterocycles. The standard InChI is InChI=1S/C20H21NO3S/c1-3-4-17-11-15-7-8-16-12-21(13-19(16)20(15)24-17)25(22,23)18-9-5-14(2)6-10-18/h5-11H,3-4,12-13H2,1-2H3. The minimum absolute atomic E-state index is 0.341. The van der Waals surface area contributed by atoms with E-state index < -0.39 is 10.0 Å². The summed E-state index contributed by atoms with van der Waals surface area (Å²) in [5.74, 6) is 0.964. The third-order valence-electron chi connectivity index (χ3n) is 4.77. The summed E-state index contributed by atoms with van der Waals surface area (Å²) in [4.78, 5) is 0.341. The molecule has 1 aliphatic heterocycles. The monoisotopic (exact) mass is 355 g/mol. The Hall–Kier alpha value is -2.11. The first-order valence-corrected chi connectivity index (χ1v) is 10.0. The van der Waals surface area contributed by atoms with Crippen LogP contribution >= 0.6 is 0 Å². The molecule has 4 nitrogen and oxygen atoms in total. The van der Waals surface area contributed by atoms with E-state index in [0.717, 1.165) is 46.3 Å². The lowest BCUT2D eigenvalue weighted by molar-refractivity contribution is 0.430. The van der Waals surface area contributed by atoms with Crippen molar-refractivity contribution < 1.29 is 12.8 Å². The quantitative estimate of drug-likeness (QED) is 0.697. The molecule has 25 heavy (non-hydrogen) atoms. The van der Waals surface area contributed by atoms with Gasteiger partial charge in [0, 0.05) is 30.5 Å². The second-order valence-electron chi connectivity index (χ2n) is 6.67. The molecule has 0 spiro atoms. The van der Waals surface area contributed by atoms with Crippen molar-refractivity contribution in [3.63, 3.8) is 0 Å². The summed E-state index contributed by atoms with van der Waals surface area (Å²) in [7, 11) is -3.50. The molecule has 0 amide bonds.